The number of nitrogens with zero attached hydrogens (tertiary/aromatic N) is 1. The molecule has 0 atom stereocenters. The van der Waals surface area contributed by atoms with Crippen LogP contribution in [0.1, 0.15) is 5.56 Å². The van der Waals surface area contributed by atoms with Crippen LogP contribution in [0.15, 0.2) is 18.2 Å². The molecule has 0 saturated carbocycles. The van der Waals surface area contributed by atoms with Crippen molar-refractivity contribution in [2.75, 3.05) is 24.6 Å². The molecule has 7 heteroatoms. The fourth-order valence-corrected chi connectivity index (χ4v) is 3.11. The second kappa shape index (κ2) is 5.92. The number of rotatable bonds is 3. The van der Waals surface area contributed by atoms with Crippen molar-refractivity contribution in [3.63, 3.8) is 0 Å². The molecular weight excluding hydrogens is 256 g/mol. The molecule has 0 spiro atoms. The molecule has 0 aromatic heterocycles. The first-order valence-electron chi connectivity index (χ1n) is 5.78. The van der Waals surface area contributed by atoms with Gasteiger partial charge in [-0.15, -0.1) is 0 Å². The third kappa shape index (κ3) is 3.38. The van der Waals surface area contributed by atoms with Crippen molar-refractivity contribution in [1.82, 2.24) is 4.90 Å². The molecular formula is C11H15BFNO3S. The van der Waals surface area contributed by atoms with Crippen molar-refractivity contribution in [1.29, 1.82) is 0 Å². The Balaban J connectivity index is 2.05. The summed E-state index contributed by atoms with van der Waals surface area (Å²) in [6.07, 6.45) is 0. The van der Waals surface area contributed by atoms with Gasteiger partial charge in [0, 0.05) is 47.4 Å². The first-order valence-corrected chi connectivity index (χ1v) is 7.27. The minimum Gasteiger partial charge on any atom is -0.423 e. The number of hydrogen-bond donors (Lipinski definition) is 2. The predicted molar refractivity (Wildman–Crippen MR) is 69.4 cm³/mol. The zero-order valence-electron chi connectivity index (χ0n) is 9.88. The maximum absolute atomic E-state index is 13.3. The summed E-state index contributed by atoms with van der Waals surface area (Å²) in [4.78, 5) is 2.13. The SMILES string of the molecule is O=S1CCN(Cc2ccc(F)c(B(O)O)c2)CC1. The lowest BCUT2D eigenvalue weighted by molar-refractivity contribution is 0.291. The second-order valence-electron chi connectivity index (χ2n) is 4.35. The standard InChI is InChI=1S/C11H15BFNO3S/c13-11-2-1-9(7-10(11)12(15)16)8-14-3-5-18(17)6-4-14/h1-2,7,15-16H,3-6,8H2. The summed E-state index contributed by atoms with van der Waals surface area (Å²) in [6.45, 7) is 2.11. The monoisotopic (exact) mass is 271 g/mol. The Morgan fingerprint density at radius 1 is 1.33 bits per heavy atom. The quantitative estimate of drug-likeness (QED) is 0.697. The number of hydrogen-bond acceptors (Lipinski definition) is 4. The fourth-order valence-electron chi connectivity index (χ4n) is 1.98. The van der Waals surface area contributed by atoms with Gasteiger partial charge in [-0.2, -0.15) is 0 Å². The maximum Gasteiger partial charge on any atom is 0.491 e. The average Bonchev–Trinajstić information content (AvgIpc) is 2.34. The third-order valence-electron chi connectivity index (χ3n) is 3.02. The van der Waals surface area contributed by atoms with E-state index in [1.54, 1.807) is 6.07 Å². The maximum atomic E-state index is 13.3. The summed E-state index contributed by atoms with van der Waals surface area (Å²) < 4.78 is 24.5. The van der Waals surface area contributed by atoms with Crippen LogP contribution in [0, 0.1) is 5.82 Å². The molecule has 1 aliphatic rings. The highest BCUT2D eigenvalue weighted by Gasteiger charge is 2.19. The van der Waals surface area contributed by atoms with Crippen LogP contribution in [-0.4, -0.2) is 50.9 Å². The molecule has 1 aliphatic heterocycles. The molecule has 1 heterocycles. The van der Waals surface area contributed by atoms with Crippen molar-refractivity contribution in [3.05, 3.63) is 29.6 Å². The van der Waals surface area contributed by atoms with Crippen molar-refractivity contribution in [2.45, 2.75) is 6.54 Å². The van der Waals surface area contributed by atoms with Gasteiger partial charge >= 0.3 is 7.12 Å². The molecule has 2 rings (SSSR count). The van der Waals surface area contributed by atoms with E-state index < -0.39 is 23.7 Å². The van der Waals surface area contributed by atoms with Crippen LogP contribution in [-0.2, 0) is 17.3 Å². The molecule has 0 radical (unpaired) electrons. The molecule has 1 aromatic rings. The number of halogens is 1. The Labute approximate surface area is 108 Å². The van der Waals surface area contributed by atoms with Gasteiger partial charge in [-0.1, -0.05) is 12.1 Å². The van der Waals surface area contributed by atoms with Gasteiger partial charge in [-0.3, -0.25) is 9.11 Å². The zero-order chi connectivity index (χ0) is 13.1. The van der Waals surface area contributed by atoms with E-state index in [-0.39, 0.29) is 5.46 Å². The lowest BCUT2D eigenvalue weighted by atomic mass is 9.79. The lowest BCUT2D eigenvalue weighted by Gasteiger charge is -2.26. The first kappa shape index (κ1) is 13.7. The Hall–Kier alpha value is -0.755. The summed E-state index contributed by atoms with van der Waals surface area (Å²) in [6, 6.07) is 4.34. The van der Waals surface area contributed by atoms with Gasteiger partial charge in [0.05, 0.1) is 0 Å². The lowest BCUT2D eigenvalue weighted by Crippen LogP contribution is -2.38. The molecule has 98 valence electrons. The average molecular weight is 271 g/mol. The molecule has 1 saturated heterocycles. The molecule has 18 heavy (non-hydrogen) atoms. The van der Waals surface area contributed by atoms with Gasteiger partial charge in [0.25, 0.3) is 0 Å². The van der Waals surface area contributed by atoms with E-state index in [0.717, 1.165) is 18.7 Å². The highest BCUT2D eigenvalue weighted by molar-refractivity contribution is 7.85. The van der Waals surface area contributed by atoms with Crippen LogP contribution >= 0.6 is 0 Å². The Morgan fingerprint density at radius 3 is 2.61 bits per heavy atom. The van der Waals surface area contributed by atoms with E-state index in [2.05, 4.69) is 4.90 Å². The van der Waals surface area contributed by atoms with E-state index in [4.69, 9.17) is 10.0 Å². The van der Waals surface area contributed by atoms with Gasteiger partial charge in [-0.05, 0) is 11.6 Å². The van der Waals surface area contributed by atoms with Gasteiger partial charge < -0.3 is 10.0 Å². The fraction of sp³-hybridized carbons (Fsp3) is 0.455. The van der Waals surface area contributed by atoms with Crippen LogP contribution < -0.4 is 5.46 Å². The number of benzene rings is 1. The highest BCUT2D eigenvalue weighted by Crippen LogP contribution is 2.08. The highest BCUT2D eigenvalue weighted by atomic mass is 32.2. The summed E-state index contributed by atoms with van der Waals surface area (Å²) in [5.41, 5.74) is 0.722. The summed E-state index contributed by atoms with van der Waals surface area (Å²) in [5.74, 6) is 0.710. The first-order chi connectivity index (χ1) is 8.56. The molecule has 1 aromatic carbocycles. The summed E-state index contributed by atoms with van der Waals surface area (Å²) in [7, 11) is -2.51. The van der Waals surface area contributed by atoms with E-state index in [0.29, 0.717) is 18.1 Å². The Kier molecular flexibility index (Phi) is 4.50. The van der Waals surface area contributed by atoms with Gasteiger partial charge in [-0.25, -0.2) is 4.39 Å². The van der Waals surface area contributed by atoms with Crippen LogP contribution in [0.3, 0.4) is 0 Å². The summed E-state index contributed by atoms with van der Waals surface area (Å²) >= 11 is 0. The van der Waals surface area contributed by atoms with Crippen LogP contribution in [0.4, 0.5) is 4.39 Å². The van der Waals surface area contributed by atoms with Crippen molar-refractivity contribution in [2.24, 2.45) is 0 Å². The van der Waals surface area contributed by atoms with Crippen LogP contribution in [0.2, 0.25) is 0 Å². The Morgan fingerprint density at radius 2 is 2.00 bits per heavy atom. The molecule has 0 aliphatic carbocycles. The van der Waals surface area contributed by atoms with E-state index in [9.17, 15) is 8.60 Å². The zero-order valence-corrected chi connectivity index (χ0v) is 10.7. The van der Waals surface area contributed by atoms with Gasteiger partial charge in [0.1, 0.15) is 5.82 Å². The largest absolute Gasteiger partial charge is 0.491 e. The van der Waals surface area contributed by atoms with Crippen LogP contribution in [0.5, 0.6) is 0 Å². The minimum atomic E-state index is -1.79. The normalized spacial score (nSPS) is 17.9. The summed E-state index contributed by atoms with van der Waals surface area (Å²) in [5, 5.41) is 18.1. The molecule has 0 unspecified atom stereocenters. The van der Waals surface area contributed by atoms with Crippen LogP contribution in [0.25, 0.3) is 0 Å². The van der Waals surface area contributed by atoms with E-state index in [1.165, 1.54) is 12.1 Å². The predicted octanol–water partition coefficient (Wildman–Crippen LogP) is -0.930. The molecule has 0 amide bonds. The Bertz CT molecular complexity index is 448. The van der Waals surface area contributed by atoms with Crippen molar-refractivity contribution >= 4 is 23.4 Å². The van der Waals surface area contributed by atoms with E-state index in [1.807, 2.05) is 0 Å². The van der Waals surface area contributed by atoms with Gasteiger partial charge in [0.15, 0.2) is 0 Å². The molecule has 0 bridgehead atoms. The van der Waals surface area contributed by atoms with Crippen molar-refractivity contribution in [3.8, 4) is 0 Å². The molecule has 1 fully saturated rings. The van der Waals surface area contributed by atoms with Gasteiger partial charge in [0.2, 0.25) is 0 Å². The van der Waals surface area contributed by atoms with E-state index >= 15 is 0 Å². The third-order valence-corrected chi connectivity index (χ3v) is 4.29. The topological polar surface area (TPSA) is 60.8 Å². The second-order valence-corrected chi connectivity index (χ2v) is 6.05. The molecule has 4 nitrogen and oxygen atoms in total. The smallest absolute Gasteiger partial charge is 0.423 e. The van der Waals surface area contributed by atoms with Crippen molar-refractivity contribution < 1.29 is 18.6 Å². The minimum absolute atomic E-state index is 0.104. The molecule has 2 N–H and O–H groups in total.